The summed E-state index contributed by atoms with van der Waals surface area (Å²) in [6.45, 7) is 3.90. The molecule has 1 N–H and O–H groups in total. The monoisotopic (exact) mass is 367 g/mol. The largest absolute Gasteiger partial charge is 0.339 e. The van der Waals surface area contributed by atoms with Crippen LogP contribution in [0.3, 0.4) is 0 Å². The molecule has 0 saturated heterocycles. The number of carbonyl (C=O) groups is 1. The molecule has 1 heterocycles. The first-order valence-electron chi connectivity index (χ1n) is 7.63. The van der Waals surface area contributed by atoms with Gasteiger partial charge in [-0.2, -0.15) is 0 Å². The van der Waals surface area contributed by atoms with Crippen LogP contribution in [0, 0.1) is 0 Å². The zero-order valence-corrected chi connectivity index (χ0v) is 15.3. The van der Waals surface area contributed by atoms with Crippen LogP contribution in [-0.2, 0) is 6.42 Å². The minimum Gasteiger partial charge on any atom is -0.339 e. The number of carbonyl (C=O) groups excluding carboxylic acids is 1. The van der Waals surface area contributed by atoms with Crippen molar-refractivity contribution in [1.82, 2.24) is 14.9 Å². The van der Waals surface area contributed by atoms with Crippen molar-refractivity contribution in [2.45, 2.75) is 32.7 Å². The van der Waals surface area contributed by atoms with Crippen LogP contribution in [-0.4, -0.2) is 33.9 Å². The Morgan fingerprint density at radius 2 is 1.96 bits per heavy atom. The van der Waals surface area contributed by atoms with Crippen molar-refractivity contribution in [2.24, 2.45) is 0 Å². The third-order valence-corrected chi connectivity index (χ3v) is 4.77. The van der Waals surface area contributed by atoms with Crippen LogP contribution in [0.15, 0.2) is 29.2 Å². The van der Waals surface area contributed by atoms with Gasteiger partial charge in [0.1, 0.15) is 11.4 Å². The molecule has 1 aromatic carbocycles. The van der Waals surface area contributed by atoms with Gasteiger partial charge in [-0.15, -0.1) is 0 Å². The summed E-state index contributed by atoms with van der Waals surface area (Å²) >= 11 is 12.3. The first kappa shape index (κ1) is 18.5. The number of halogens is 2. The smallest absolute Gasteiger partial charge is 0.263 e. The zero-order chi connectivity index (χ0) is 17.9. The van der Waals surface area contributed by atoms with Gasteiger partial charge in [-0.05, 0) is 31.0 Å². The van der Waals surface area contributed by atoms with Crippen molar-refractivity contribution in [3.8, 4) is 0 Å². The van der Waals surface area contributed by atoms with E-state index in [-0.39, 0.29) is 23.9 Å². The molecule has 128 valence electrons. The second kappa shape index (κ2) is 7.81. The minimum absolute atomic E-state index is 0.0202. The predicted octanol–water partition coefficient (Wildman–Crippen LogP) is 3.54. The quantitative estimate of drug-likeness (QED) is 0.878. The maximum Gasteiger partial charge on any atom is 0.263 e. The van der Waals surface area contributed by atoms with Crippen molar-refractivity contribution < 1.29 is 4.79 Å². The Kier molecular flexibility index (Phi) is 6.02. The van der Waals surface area contributed by atoms with Crippen LogP contribution < -0.4 is 5.56 Å². The normalized spacial score (nSPS) is 12.0. The highest BCUT2D eigenvalue weighted by atomic mass is 35.5. The van der Waals surface area contributed by atoms with E-state index >= 15 is 0 Å². The summed E-state index contributed by atoms with van der Waals surface area (Å²) in [7, 11) is 1.67. The summed E-state index contributed by atoms with van der Waals surface area (Å²) in [5.74, 6) is 0.0539. The van der Waals surface area contributed by atoms with Crippen LogP contribution in [0.1, 0.15) is 42.0 Å². The molecule has 1 aromatic heterocycles. The van der Waals surface area contributed by atoms with Crippen molar-refractivity contribution >= 4 is 29.1 Å². The number of nitrogens with zero attached hydrogens (tertiary/aromatic N) is 2. The molecule has 0 fully saturated rings. The summed E-state index contributed by atoms with van der Waals surface area (Å²) < 4.78 is 0. The molecular formula is C17H19Cl2N3O2. The SMILES string of the molecule is CC[C@H](C)N(C)C(=O)c1cnc(Cc2c(Cl)cccc2Cl)[nH]c1=O. The summed E-state index contributed by atoms with van der Waals surface area (Å²) in [5, 5.41) is 1.00. The third kappa shape index (κ3) is 3.97. The molecule has 7 heteroatoms. The van der Waals surface area contributed by atoms with Crippen LogP contribution in [0.2, 0.25) is 10.0 Å². The van der Waals surface area contributed by atoms with E-state index in [1.165, 1.54) is 11.1 Å². The summed E-state index contributed by atoms with van der Waals surface area (Å²) in [6.07, 6.45) is 2.39. The van der Waals surface area contributed by atoms with E-state index < -0.39 is 5.56 Å². The number of hydrogen-bond acceptors (Lipinski definition) is 3. The Balaban J connectivity index is 2.27. The molecule has 1 atom stereocenters. The van der Waals surface area contributed by atoms with Gasteiger partial charge >= 0.3 is 0 Å². The molecule has 2 rings (SSSR count). The lowest BCUT2D eigenvalue weighted by atomic mass is 10.1. The van der Waals surface area contributed by atoms with Crippen molar-refractivity contribution in [3.63, 3.8) is 0 Å². The van der Waals surface area contributed by atoms with E-state index in [9.17, 15) is 9.59 Å². The first-order valence-corrected chi connectivity index (χ1v) is 8.39. The summed E-state index contributed by atoms with van der Waals surface area (Å²) in [6, 6.07) is 5.23. The molecule has 0 aliphatic rings. The van der Waals surface area contributed by atoms with E-state index in [0.717, 1.165) is 6.42 Å². The van der Waals surface area contributed by atoms with Gasteiger partial charge in [0.25, 0.3) is 11.5 Å². The second-order valence-corrected chi connectivity index (χ2v) is 6.44. The van der Waals surface area contributed by atoms with Gasteiger partial charge < -0.3 is 9.88 Å². The summed E-state index contributed by atoms with van der Waals surface area (Å²) in [4.78, 5) is 33.0. The minimum atomic E-state index is -0.469. The van der Waals surface area contributed by atoms with Crippen molar-refractivity contribution in [1.29, 1.82) is 0 Å². The average molecular weight is 368 g/mol. The summed E-state index contributed by atoms with van der Waals surface area (Å²) in [5.41, 5.74) is 0.231. The molecule has 0 radical (unpaired) electrons. The van der Waals surface area contributed by atoms with E-state index in [0.29, 0.717) is 21.4 Å². The highest BCUT2D eigenvalue weighted by molar-refractivity contribution is 6.36. The fourth-order valence-corrected chi connectivity index (χ4v) is 2.74. The lowest BCUT2D eigenvalue weighted by Crippen LogP contribution is -2.37. The number of aromatic amines is 1. The Morgan fingerprint density at radius 3 is 2.50 bits per heavy atom. The van der Waals surface area contributed by atoms with Gasteiger partial charge in [-0.1, -0.05) is 36.2 Å². The molecule has 0 unspecified atom stereocenters. The third-order valence-electron chi connectivity index (χ3n) is 4.06. The van der Waals surface area contributed by atoms with Crippen molar-refractivity contribution in [3.05, 3.63) is 61.7 Å². The second-order valence-electron chi connectivity index (χ2n) is 5.62. The average Bonchev–Trinajstić information content (AvgIpc) is 2.56. The Bertz CT molecular complexity index is 784. The molecule has 0 aliphatic heterocycles. The molecule has 5 nitrogen and oxygen atoms in total. The molecule has 2 aromatic rings. The van der Waals surface area contributed by atoms with Crippen LogP contribution in [0.5, 0.6) is 0 Å². The number of rotatable bonds is 5. The van der Waals surface area contributed by atoms with E-state index in [4.69, 9.17) is 23.2 Å². The Labute approximate surface area is 150 Å². The maximum atomic E-state index is 12.4. The Morgan fingerprint density at radius 1 is 1.33 bits per heavy atom. The number of amides is 1. The van der Waals surface area contributed by atoms with Crippen LogP contribution >= 0.6 is 23.2 Å². The predicted molar refractivity (Wildman–Crippen MR) is 96.0 cm³/mol. The van der Waals surface area contributed by atoms with Gasteiger partial charge in [0.05, 0.1) is 0 Å². The van der Waals surface area contributed by atoms with Gasteiger partial charge in [-0.3, -0.25) is 9.59 Å². The molecule has 0 aliphatic carbocycles. The highest BCUT2D eigenvalue weighted by Gasteiger charge is 2.20. The molecule has 0 spiro atoms. The number of hydrogen-bond donors (Lipinski definition) is 1. The Hall–Kier alpha value is -1.85. The fourth-order valence-electron chi connectivity index (χ4n) is 2.21. The molecule has 0 bridgehead atoms. The van der Waals surface area contributed by atoms with Gasteiger partial charge in [0.2, 0.25) is 0 Å². The van der Waals surface area contributed by atoms with Crippen LogP contribution in [0.25, 0.3) is 0 Å². The fraction of sp³-hybridized carbons (Fsp3) is 0.353. The number of aromatic nitrogens is 2. The van der Waals surface area contributed by atoms with Gasteiger partial charge in [0, 0.05) is 35.8 Å². The maximum absolute atomic E-state index is 12.4. The van der Waals surface area contributed by atoms with Crippen molar-refractivity contribution in [2.75, 3.05) is 7.05 Å². The molecule has 0 saturated carbocycles. The molecule has 24 heavy (non-hydrogen) atoms. The van der Waals surface area contributed by atoms with Gasteiger partial charge in [-0.25, -0.2) is 4.98 Å². The topological polar surface area (TPSA) is 66.1 Å². The molecular weight excluding hydrogens is 349 g/mol. The van der Waals surface area contributed by atoms with Crippen LogP contribution in [0.4, 0.5) is 0 Å². The number of nitrogens with one attached hydrogen (secondary N) is 1. The number of benzene rings is 1. The van der Waals surface area contributed by atoms with E-state index in [2.05, 4.69) is 9.97 Å². The zero-order valence-electron chi connectivity index (χ0n) is 13.8. The van der Waals surface area contributed by atoms with E-state index in [1.807, 2.05) is 13.8 Å². The standard InChI is InChI=1S/C17H19Cl2N3O2/c1-4-10(2)22(3)17(24)12-9-20-15(21-16(12)23)8-11-13(18)6-5-7-14(11)19/h5-7,9-10H,4,8H2,1-3H3,(H,20,21,23)/t10-/m0/s1. The highest BCUT2D eigenvalue weighted by Crippen LogP contribution is 2.25. The van der Waals surface area contributed by atoms with Gasteiger partial charge in [0.15, 0.2) is 0 Å². The first-order chi connectivity index (χ1) is 11.3. The van der Waals surface area contributed by atoms with E-state index in [1.54, 1.807) is 25.2 Å². The lowest BCUT2D eigenvalue weighted by molar-refractivity contribution is 0.0738. The molecule has 1 amide bonds. The number of H-pyrrole nitrogens is 1. The lowest BCUT2D eigenvalue weighted by Gasteiger charge is -2.23.